The zero-order valence-electron chi connectivity index (χ0n) is 18.1. The molecule has 164 valence electrons. The number of hydrogen-bond donors (Lipinski definition) is 1. The maximum Gasteiger partial charge on any atom is 0.289 e. The Hall–Kier alpha value is -2.23. The van der Waals surface area contributed by atoms with Gasteiger partial charge >= 0.3 is 0 Å². The van der Waals surface area contributed by atoms with E-state index >= 15 is 0 Å². The molecule has 0 aliphatic carbocycles. The molecule has 30 heavy (non-hydrogen) atoms. The van der Waals surface area contributed by atoms with Crippen LogP contribution in [0.3, 0.4) is 0 Å². The summed E-state index contributed by atoms with van der Waals surface area (Å²) in [7, 11) is 3.48. The van der Waals surface area contributed by atoms with Crippen LogP contribution in [0.15, 0.2) is 52.1 Å². The van der Waals surface area contributed by atoms with Crippen molar-refractivity contribution in [1.29, 1.82) is 0 Å². The SMILES string of the molecule is CN=C(NCC(C)(C)c1cccc(OC)c1)N1CCN(C(=O)c2ccco2)CC1.I. The molecule has 1 amide bonds. The fourth-order valence-electron chi connectivity index (χ4n) is 3.46. The van der Waals surface area contributed by atoms with E-state index in [9.17, 15) is 4.79 Å². The number of ether oxygens (including phenoxy) is 1. The number of guanidine groups is 1. The van der Waals surface area contributed by atoms with Crippen molar-refractivity contribution in [3.63, 3.8) is 0 Å². The van der Waals surface area contributed by atoms with Crippen LogP contribution in [0.25, 0.3) is 0 Å². The van der Waals surface area contributed by atoms with E-state index in [2.05, 4.69) is 41.2 Å². The van der Waals surface area contributed by atoms with Gasteiger partial charge in [0.05, 0.1) is 13.4 Å². The lowest BCUT2D eigenvalue weighted by atomic mass is 9.84. The Morgan fingerprint density at radius 1 is 1.17 bits per heavy atom. The number of carbonyl (C=O) groups excluding carboxylic acids is 1. The summed E-state index contributed by atoms with van der Waals surface area (Å²) < 4.78 is 10.6. The first-order valence-electron chi connectivity index (χ1n) is 9.87. The Morgan fingerprint density at radius 2 is 1.87 bits per heavy atom. The van der Waals surface area contributed by atoms with Gasteiger partial charge in [0.1, 0.15) is 5.75 Å². The summed E-state index contributed by atoms with van der Waals surface area (Å²) in [4.78, 5) is 20.9. The number of aliphatic imine (C=N–C) groups is 1. The van der Waals surface area contributed by atoms with Gasteiger partial charge in [-0.05, 0) is 29.8 Å². The quantitative estimate of drug-likeness (QED) is 0.368. The number of carbonyl (C=O) groups is 1. The Labute approximate surface area is 195 Å². The topological polar surface area (TPSA) is 70.3 Å². The van der Waals surface area contributed by atoms with Crippen LogP contribution < -0.4 is 10.1 Å². The summed E-state index contributed by atoms with van der Waals surface area (Å²) in [6.45, 7) is 7.86. The minimum absolute atomic E-state index is 0. The number of hydrogen-bond acceptors (Lipinski definition) is 4. The molecule has 1 aliphatic heterocycles. The van der Waals surface area contributed by atoms with Gasteiger partial charge in [-0.1, -0.05) is 26.0 Å². The predicted molar refractivity (Wildman–Crippen MR) is 129 cm³/mol. The van der Waals surface area contributed by atoms with Gasteiger partial charge in [-0.15, -0.1) is 24.0 Å². The molecule has 0 radical (unpaired) electrons. The molecule has 1 fully saturated rings. The molecule has 1 N–H and O–H groups in total. The highest BCUT2D eigenvalue weighted by Gasteiger charge is 2.27. The molecule has 1 aromatic heterocycles. The van der Waals surface area contributed by atoms with Crippen LogP contribution in [0.4, 0.5) is 0 Å². The van der Waals surface area contributed by atoms with Gasteiger partial charge in [-0.3, -0.25) is 9.79 Å². The summed E-state index contributed by atoms with van der Waals surface area (Å²) in [5, 5.41) is 3.50. The fourth-order valence-corrected chi connectivity index (χ4v) is 3.46. The van der Waals surface area contributed by atoms with Crippen molar-refractivity contribution in [1.82, 2.24) is 15.1 Å². The zero-order valence-corrected chi connectivity index (χ0v) is 20.4. The van der Waals surface area contributed by atoms with Crippen LogP contribution in [0.2, 0.25) is 0 Å². The first kappa shape index (κ1) is 24.0. The normalized spacial score (nSPS) is 14.9. The average Bonchev–Trinajstić information content (AvgIpc) is 3.29. The molecular weight excluding hydrogens is 495 g/mol. The van der Waals surface area contributed by atoms with Gasteiger partial charge in [0.25, 0.3) is 5.91 Å². The maximum absolute atomic E-state index is 12.4. The van der Waals surface area contributed by atoms with E-state index in [-0.39, 0.29) is 35.3 Å². The Balaban J connectivity index is 0.00000320. The average molecular weight is 526 g/mol. The van der Waals surface area contributed by atoms with Crippen LogP contribution in [-0.2, 0) is 5.41 Å². The summed E-state index contributed by atoms with van der Waals surface area (Å²) in [6, 6.07) is 11.6. The van der Waals surface area contributed by atoms with Crippen molar-refractivity contribution in [2.75, 3.05) is 46.9 Å². The van der Waals surface area contributed by atoms with E-state index in [4.69, 9.17) is 9.15 Å². The van der Waals surface area contributed by atoms with Crippen LogP contribution >= 0.6 is 24.0 Å². The molecule has 2 aromatic rings. The van der Waals surface area contributed by atoms with Crippen molar-refractivity contribution in [3.05, 3.63) is 54.0 Å². The standard InChI is InChI=1S/C22H30N4O3.HI/c1-22(2,17-7-5-8-18(15-17)28-4)16-24-21(23-3)26-12-10-25(11-13-26)20(27)19-9-6-14-29-19;/h5-9,14-15H,10-13,16H2,1-4H3,(H,23,24);1H. The summed E-state index contributed by atoms with van der Waals surface area (Å²) in [5.41, 5.74) is 1.11. The number of nitrogens with zero attached hydrogens (tertiary/aromatic N) is 3. The first-order valence-corrected chi connectivity index (χ1v) is 9.87. The van der Waals surface area contributed by atoms with Crippen LogP contribution in [0.5, 0.6) is 5.75 Å². The third-order valence-electron chi connectivity index (χ3n) is 5.35. The van der Waals surface area contributed by atoms with E-state index in [0.717, 1.165) is 31.3 Å². The summed E-state index contributed by atoms with van der Waals surface area (Å²) >= 11 is 0. The molecule has 0 bridgehead atoms. The summed E-state index contributed by atoms with van der Waals surface area (Å²) in [6.07, 6.45) is 1.53. The Kier molecular flexibility index (Phi) is 8.57. The lowest BCUT2D eigenvalue weighted by Crippen LogP contribution is -2.54. The largest absolute Gasteiger partial charge is 0.497 e. The predicted octanol–water partition coefficient (Wildman–Crippen LogP) is 3.22. The molecule has 7 nitrogen and oxygen atoms in total. The number of methoxy groups -OCH3 is 1. The van der Waals surface area contributed by atoms with Gasteiger partial charge in [0.15, 0.2) is 11.7 Å². The second-order valence-corrected chi connectivity index (χ2v) is 7.77. The van der Waals surface area contributed by atoms with E-state index in [1.807, 2.05) is 17.0 Å². The molecule has 2 heterocycles. The van der Waals surface area contributed by atoms with E-state index in [1.165, 1.54) is 11.8 Å². The number of furan rings is 1. The number of piperazine rings is 1. The van der Waals surface area contributed by atoms with Crippen molar-refractivity contribution < 1.29 is 13.9 Å². The number of amides is 1. The highest BCUT2D eigenvalue weighted by Crippen LogP contribution is 2.25. The third-order valence-corrected chi connectivity index (χ3v) is 5.35. The molecule has 1 aromatic carbocycles. The molecule has 0 spiro atoms. The van der Waals surface area contributed by atoms with Gasteiger partial charge in [0, 0.05) is 45.2 Å². The number of rotatable bonds is 5. The van der Waals surface area contributed by atoms with Gasteiger partial charge in [-0.25, -0.2) is 0 Å². The minimum Gasteiger partial charge on any atom is -0.497 e. The second-order valence-electron chi connectivity index (χ2n) is 7.77. The van der Waals surface area contributed by atoms with Crippen LogP contribution in [0.1, 0.15) is 30.0 Å². The van der Waals surface area contributed by atoms with Crippen LogP contribution in [0, 0.1) is 0 Å². The minimum atomic E-state index is -0.0957. The second kappa shape index (κ2) is 10.7. The van der Waals surface area contributed by atoms with Crippen molar-refractivity contribution in [2.45, 2.75) is 19.3 Å². The number of halogens is 1. The molecule has 0 atom stereocenters. The Bertz CT molecular complexity index is 844. The summed E-state index contributed by atoms with van der Waals surface area (Å²) in [5.74, 6) is 2.04. The molecule has 1 aliphatic rings. The third kappa shape index (κ3) is 5.68. The zero-order chi connectivity index (χ0) is 20.9. The van der Waals surface area contributed by atoms with Crippen molar-refractivity contribution in [3.8, 4) is 5.75 Å². The molecule has 0 unspecified atom stereocenters. The lowest BCUT2D eigenvalue weighted by Gasteiger charge is -2.37. The fraction of sp³-hybridized carbons (Fsp3) is 0.455. The number of nitrogens with one attached hydrogen (secondary N) is 1. The van der Waals surface area contributed by atoms with Crippen molar-refractivity contribution in [2.24, 2.45) is 4.99 Å². The lowest BCUT2D eigenvalue weighted by molar-refractivity contribution is 0.0657. The molecular formula is C22H31IN4O3. The van der Waals surface area contributed by atoms with Crippen molar-refractivity contribution >= 4 is 35.8 Å². The van der Waals surface area contributed by atoms with Gasteiger partial charge in [0.2, 0.25) is 0 Å². The highest BCUT2D eigenvalue weighted by molar-refractivity contribution is 14.0. The molecule has 8 heteroatoms. The first-order chi connectivity index (χ1) is 13.9. The van der Waals surface area contributed by atoms with Gasteiger partial charge in [-0.2, -0.15) is 0 Å². The molecule has 0 saturated carbocycles. The van der Waals surface area contributed by atoms with E-state index in [1.54, 1.807) is 26.3 Å². The highest BCUT2D eigenvalue weighted by atomic mass is 127. The smallest absolute Gasteiger partial charge is 0.289 e. The number of benzene rings is 1. The van der Waals surface area contributed by atoms with Gasteiger partial charge < -0.3 is 24.3 Å². The molecule has 1 saturated heterocycles. The Morgan fingerprint density at radius 3 is 2.47 bits per heavy atom. The monoisotopic (exact) mass is 526 g/mol. The maximum atomic E-state index is 12.4. The van der Waals surface area contributed by atoms with E-state index < -0.39 is 0 Å². The van der Waals surface area contributed by atoms with Crippen LogP contribution in [-0.4, -0.2) is 68.5 Å². The van der Waals surface area contributed by atoms with E-state index in [0.29, 0.717) is 18.8 Å². The molecule has 3 rings (SSSR count).